The van der Waals surface area contributed by atoms with E-state index < -0.39 is 0 Å². The Kier molecular flexibility index (Phi) is 4.60. The Bertz CT molecular complexity index is 661. The molecule has 1 aromatic heterocycles. The van der Waals surface area contributed by atoms with Crippen molar-refractivity contribution in [2.45, 2.75) is 0 Å². The number of hydrogen-bond donors (Lipinski definition) is 2. The second kappa shape index (κ2) is 6.60. The lowest BCUT2D eigenvalue weighted by molar-refractivity contribution is 0.102. The molecule has 0 aliphatic carbocycles. The number of carbonyl (C=O) groups excluding carboxylic acids is 1. The molecule has 2 N–H and O–H groups in total. The molecule has 2 aromatic rings. The van der Waals surface area contributed by atoms with Gasteiger partial charge in [0.1, 0.15) is 12.4 Å². The van der Waals surface area contributed by atoms with Gasteiger partial charge in [0.15, 0.2) is 0 Å². The number of nitrogens with one attached hydrogen (secondary N) is 1. The topological polar surface area (TPSA) is 97.2 Å². The minimum atomic E-state index is -0.349. The van der Waals surface area contributed by atoms with Crippen molar-refractivity contribution in [1.82, 2.24) is 14.8 Å². The minimum absolute atomic E-state index is 0.268. The summed E-state index contributed by atoms with van der Waals surface area (Å²) in [6.45, 7) is -0.268. The van der Waals surface area contributed by atoms with Crippen molar-refractivity contribution < 1.29 is 14.6 Å². The van der Waals surface area contributed by atoms with Gasteiger partial charge in [-0.25, -0.2) is 0 Å². The molecule has 0 unspecified atom stereocenters. The molecule has 1 aromatic carbocycles. The van der Waals surface area contributed by atoms with Gasteiger partial charge in [0, 0.05) is 17.1 Å². The van der Waals surface area contributed by atoms with Crippen molar-refractivity contribution in [2.75, 3.05) is 19.0 Å². The lowest BCUT2D eigenvalue weighted by Crippen LogP contribution is -2.12. The molecule has 8 heteroatoms. The lowest BCUT2D eigenvalue weighted by Gasteiger charge is -2.06. The van der Waals surface area contributed by atoms with Gasteiger partial charge >= 0.3 is 0 Å². The number of aliphatic hydroxyl groups excluding tert-OH is 1. The molecular weight excluding hydrogens is 280 g/mol. The highest BCUT2D eigenvalue weighted by Gasteiger charge is 2.11. The van der Waals surface area contributed by atoms with E-state index in [0.29, 0.717) is 22.0 Å². The van der Waals surface area contributed by atoms with Crippen LogP contribution < -0.4 is 10.1 Å². The molecule has 7 nitrogen and oxygen atoms in total. The van der Waals surface area contributed by atoms with Crippen LogP contribution in [0.1, 0.15) is 15.9 Å². The summed E-state index contributed by atoms with van der Waals surface area (Å²) < 4.78 is 8.69. The first kappa shape index (κ1) is 13.9. The Morgan fingerprint density at radius 3 is 3.05 bits per heavy atom. The van der Waals surface area contributed by atoms with Gasteiger partial charge in [-0.15, -0.1) is 0 Å². The molecule has 20 heavy (non-hydrogen) atoms. The van der Waals surface area contributed by atoms with E-state index in [1.807, 2.05) is 0 Å². The van der Waals surface area contributed by atoms with Crippen LogP contribution in [0.2, 0.25) is 0 Å². The monoisotopic (exact) mass is 290 g/mol. The molecule has 0 bridgehead atoms. The van der Waals surface area contributed by atoms with E-state index in [-0.39, 0.29) is 12.5 Å². The van der Waals surface area contributed by atoms with E-state index in [9.17, 15) is 4.79 Å². The summed E-state index contributed by atoms with van der Waals surface area (Å²) in [6, 6.07) is 4.81. The summed E-state index contributed by atoms with van der Waals surface area (Å²) in [4.78, 5) is 12.0. The number of benzene rings is 1. The molecule has 0 radical (unpaired) electrons. The van der Waals surface area contributed by atoms with Crippen molar-refractivity contribution in [3.05, 3.63) is 29.3 Å². The van der Waals surface area contributed by atoms with E-state index in [4.69, 9.17) is 9.84 Å². The zero-order valence-corrected chi connectivity index (χ0v) is 11.3. The average Bonchev–Trinajstić information content (AvgIpc) is 2.97. The van der Waals surface area contributed by atoms with Crippen LogP contribution in [0.3, 0.4) is 0 Å². The fraction of sp³-hybridized carbons (Fsp3) is 0.167. The third-order valence-corrected chi connectivity index (χ3v) is 2.79. The van der Waals surface area contributed by atoms with Crippen LogP contribution in [0.4, 0.5) is 5.13 Å². The van der Waals surface area contributed by atoms with Gasteiger partial charge in [-0.2, -0.15) is 0 Å². The van der Waals surface area contributed by atoms with Crippen LogP contribution >= 0.6 is 11.5 Å². The Morgan fingerprint density at radius 2 is 2.40 bits per heavy atom. The summed E-state index contributed by atoms with van der Waals surface area (Å²) >= 11 is 0.982. The predicted molar refractivity (Wildman–Crippen MR) is 72.6 cm³/mol. The first-order valence-corrected chi connectivity index (χ1v) is 6.26. The Balaban J connectivity index is 2.26. The molecule has 1 heterocycles. The van der Waals surface area contributed by atoms with Crippen molar-refractivity contribution >= 4 is 22.6 Å². The van der Waals surface area contributed by atoms with Gasteiger partial charge in [0.05, 0.1) is 12.7 Å². The van der Waals surface area contributed by atoms with Crippen molar-refractivity contribution in [1.29, 1.82) is 0 Å². The molecule has 0 saturated heterocycles. The van der Waals surface area contributed by atoms with Crippen LogP contribution in [0.5, 0.6) is 5.75 Å². The third kappa shape index (κ3) is 3.28. The van der Waals surface area contributed by atoms with Crippen molar-refractivity contribution in [3.8, 4) is 17.6 Å². The van der Waals surface area contributed by atoms with E-state index in [2.05, 4.69) is 32.0 Å². The molecule has 0 spiro atoms. The van der Waals surface area contributed by atoms with E-state index in [1.54, 1.807) is 18.2 Å². The summed E-state index contributed by atoms with van der Waals surface area (Å²) in [6.07, 6.45) is 0. The average molecular weight is 290 g/mol. The second-order valence-corrected chi connectivity index (χ2v) is 4.23. The molecule has 0 aliphatic rings. The number of aromatic nitrogens is 3. The normalized spacial score (nSPS) is 9.50. The number of ether oxygens (including phenoxy) is 1. The molecule has 0 saturated carbocycles. The number of anilines is 1. The first-order chi connectivity index (χ1) is 9.74. The van der Waals surface area contributed by atoms with Gasteiger partial charge in [0.2, 0.25) is 5.13 Å². The quantitative estimate of drug-likeness (QED) is 0.801. The molecule has 0 fully saturated rings. The Labute approximate surface area is 118 Å². The van der Waals surface area contributed by atoms with Crippen molar-refractivity contribution in [2.24, 2.45) is 0 Å². The van der Waals surface area contributed by atoms with Gasteiger partial charge < -0.3 is 9.84 Å². The molecular formula is C12H10N4O3S. The van der Waals surface area contributed by atoms with Crippen LogP contribution in [0.15, 0.2) is 18.2 Å². The zero-order valence-electron chi connectivity index (χ0n) is 10.5. The molecule has 0 aliphatic heterocycles. The SMILES string of the molecule is COc1ccc(C(=O)Nc2nnns2)cc1C#CCO. The number of rotatable bonds is 3. The highest BCUT2D eigenvalue weighted by Crippen LogP contribution is 2.19. The van der Waals surface area contributed by atoms with Crippen LogP contribution in [-0.2, 0) is 0 Å². The van der Waals surface area contributed by atoms with Gasteiger partial charge in [-0.3, -0.25) is 10.1 Å². The fourth-order valence-electron chi connectivity index (χ4n) is 1.43. The standard InChI is InChI=1S/C12H10N4O3S/c1-19-10-5-4-9(7-8(10)3-2-6-17)11(18)13-12-14-15-16-20-12/h4-5,7,17H,6H2,1H3,(H,13,14,16,18). The van der Waals surface area contributed by atoms with Gasteiger partial charge in [0.25, 0.3) is 5.91 Å². The van der Waals surface area contributed by atoms with Crippen LogP contribution in [0, 0.1) is 11.8 Å². The third-order valence-electron chi connectivity index (χ3n) is 2.28. The highest BCUT2D eigenvalue weighted by molar-refractivity contribution is 7.09. The van der Waals surface area contributed by atoms with Crippen LogP contribution in [-0.4, -0.2) is 39.5 Å². The fourth-order valence-corrected chi connectivity index (χ4v) is 1.79. The minimum Gasteiger partial charge on any atom is -0.495 e. The maximum absolute atomic E-state index is 12.0. The highest BCUT2D eigenvalue weighted by atomic mass is 32.1. The van der Waals surface area contributed by atoms with E-state index >= 15 is 0 Å². The molecule has 2 rings (SSSR count). The Hall–Kier alpha value is -2.50. The van der Waals surface area contributed by atoms with Crippen LogP contribution in [0.25, 0.3) is 0 Å². The lowest BCUT2D eigenvalue weighted by atomic mass is 10.1. The summed E-state index contributed by atoms with van der Waals surface area (Å²) in [5, 5.41) is 18.6. The Morgan fingerprint density at radius 1 is 1.55 bits per heavy atom. The maximum atomic E-state index is 12.0. The van der Waals surface area contributed by atoms with Gasteiger partial charge in [-0.05, 0) is 23.4 Å². The zero-order chi connectivity index (χ0) is 14.4. The largest absolute Gasteiger partial charge is 0.495 e. The maximum Gasteiger partial charge on any atom is 0.257 e. The van der Waals surface area contributed by atoms with Crippen molar-refractivity contribution in [3.63, 3.8) is 0 Å². The number of methoxy groups -OCH3 is 1. The second-order valence-electron chi connectivity index (χ2n) is 3.50. The summed E-state index contributed by atoms with van der Waals surface area (Å²) in [5.74, 6) is 5.42. The first-order valence-electron chi connectivity index (χ1n) is 5.48. The van der Waals surface area contributed by atoms with E-state index in [0.717, 1.165) is 11.5 Å². The molecule has 0 atom stereocenters. The number of amides is 1. The van der Waals surface area contributed by atoms with E-state index in [1.165, 1.54) is 7.11 Å². The molecule has 1 amide bonds. The predicted octanol–water partition coefficient (Wildman–Crippen LogP) is 0.538. The number of carbonyl (C=O) groups is 1. The number of aliphatic hydroxyl groups is 1. The van der Waals surface area contributed by atoms with Gasteiger partial charge in [-0.1, -0.05) is 21.4 Å². The summed E-state index contributed by atoms with van der Waals surface area (Å²) in [5.41, 5.74) is 0.910. The number of nitrogens with zero attached hydrogens (tertiary/aromatic N) is 3. The summed E-state index contributed by atoms with van der Waals surface area (Å²) in [7, 11) is 1.51. The number of hydrogen-bond acceptors (Lipinski definition) is 7. The molecule has 102 valence electrons. The smallest absolute Gasteiger partial charge is 0.257 e.